The van der Waals surface area contributed by atoms with Gasteiger partial charge in [0.15, 0.2) is 0 Å². The zero-order valence-electron chi connectivity index (χ0n) is 47.7. The van der Waals surface area contributed by atoms with Crippen molar-refractivity contribution in [2.45, 2.75) is 194 Å². The Hall–Kier alpha value is -4.68. The van der Waals surface area contributed by atoms with E-state index in [1.807, 2.05) is 138 Å². The van der Waals surface area contributed by atoms with Crippen LogP contribution in [0.2, 0.25) is 0 Å². The molecule has 0 heteroatoms. The molecule has 0 amide bonds. The monoisotopic (exact) mass is 875 g/mol. The second-order valence-electron chi connectivity index (χ2n) is 11.8. The van der Waals surface area contributed by atoms with Gasteiger partial charge >= 0.3 is 0 Å². The van der Waals surface area contributed by atoms with E-state index in [0.29, 0.717) is 0 Å². The first kappa shape index (κ1) is 73.7. The van der Waals surface area contributed by atoms with Gasteiger partial charge in [-0.05, 0) is 132 Å². The SMILES string of the molecule is CC.CC.CC.CC.CC.CC.CC.CC.CC.CC.Cc1cc2ccccc2cc1C.Cc1ccc2ccccc2c1C.Cc1ccc2ccccc2c1C.Cc1ccccc1C. The van der Waals surface area contributed by atoms with Crippen LogP contribution in [0, 0.1) is 55.4 Å². The number of hydrogen-bond donors (Lipinski definition) is 0. The molecule has 0 nitrogen and oxygen atoms in total. The Kier molecular flexibility index (Phi) is 62.7. The summed E-state index contributed by atoms with van der Waals surface area (Å²) < 4.78 is 0. The van der Waals surface area contributed by atoms with Crippen LogP contribution in [0.5, 0.6) is 0 Å². The number of hydrogen-bond acceptors (Lipinski definition) is 0. The molecule has 64 heavy (non-hydrogen) atoms. The van der Waals surface area contributed by atoms with Crippen LogP contribution in [0.4, 0.5) is 0 Å². The number of fused-ring (bicyclic) bond motifs is 3. The summed E-state index contributed by atoms with van der Waals surface area (Å²) in [5, 5.41) is 8.08. The Labute approximate surface area is 402 Å². The van der Waals surface area contributed by atoms with Gasteiger partial charge in [-0.25, -0.2) is 0 Å². The van der Waals surface area contributed by atoms with Gasteiger partial charge in [-0.1, -0.05) is 272 Å². The van der Waals surface area contributed by atoms with Crippen molar-refractivity contribution in [1.82, 2.24) is 0 Å². The van der Waals surface area contributed by atoms with Gasteiger partial charge < -0.3 is 0 Å². The summed E-state index contributed by atoms with van der Waals surface area (Å²) in [4.78, 5) is 0. The van der Waals surface area contributed by atoms with Crippen LogP contribution in [0.25, 0.3) is 32.3 Å². The van der Waals surface area contributed by atoms with E-state index in [0.717, 1.165) is 0 Å². The third-order valence-corrected chi connectivity index (χ3v) is 8.73. The van der Waals surface area contributed by atoms with Crippen molar-refractivity contribution in [3.8, 4) is 0 Å². The molecule has 0 spiro atoms. The van der Waals surface area contributed by atoms with Crippen molar-refractivity contribution in [2.75, 3.05) is 0 Å². The molecule has 0 saturated heterocycles. The Balaban J connectivity index is -0.000000120. The number of aryl methyl sites for hydroxylation is 8. The maximum atomic E-state index is 2.24. The second-order valence-corrected chi connectivity index (χ2v) is 11.8. The molecule has 0 radical (unpaired) electrons. The van der Waals surface area contributed by atoms with Gasteiger partial charge in [-0.15, -0.1) is 0 Å². The standard InChI is InChI=1S/3C12H12.C8H10.10C2H6/c1-9-7-11-5-3-4-6-12(11)8-10(9)2;2*1-9-7-8-11-5-3-4-6-12(11)10(9)2;1-7-5-3-4-6-8(7)2;10*1-2/h3*3-8H,1-2H3;3-6H,1-2H3;10*1-2H3. The van der Waals surface area contributed by atoms with Crippen molar-refractivity contribution < 1.29 is 0 Å². The highest BCUT2D eigenvalue weighted by Gasteiger charge is 1.99. The lowest BCUT2D eigenvalue weighted by atomic mass is 10.0. The smallest absolute Gasteiger partial charge is 0.0152 e. The summed E-state index contributed by atoms with van der Waals surface area (Å²) >= 11 is 0. The molecule has 0 fully saturated rings. The molecule has 7 rings (SSSR count). The lowest BCUT2D eigenvalue weighted by molar-refractivity contribution is 1.34. The van der Waals surface area contributed by atoms with E-state index in [1.54, 1.807) is 0 Å². The highest BCUT2D eigenvalue weighted by Crippen LogP contribution is 2.22. The first-order valence-electron chi connectivity index (χ1n) is 25.5. The molecule has 0 atom stereocenters. The topological polar surface area (TPSA) is 0 Å². The lowest BCUT2D eigenvalue weighted by Crippen LogP contribution is -1.82. The van der Waals surface area contributed by atoms with E-state index in [2.05, 4.69) is 189 Å². The predicted octanol–water partition coefficient (Wildman–Crippen LogP) is 22.9. The molecule has 362 valence electrons. The fourth-order valence-electron chi connectivity index (χ4n) is 5.20. The Morgan fingerprint density at radius 1 is 0.188 bits per heavy atom. The average molecular weight is 876 g/mol. The number of benzene rings is 7. The summed E-state index contributed by atoms with van der Waals surface area (Å²) in [6.07, 6.45) is 0. The van der Waals surface area contributed by atoms with Crippen molar-refractivity contribution in [3.05, 3.63) is 178 Å². The molecule has 0 saturated carbocycles. The Bertz CT molecular complexity index is 1830. The highest BCUT2D eigenvalue weighted by molar-refractivity contribution is 5.87. The van der Waals surface area contributed by atoms with Crippen molar-refractivity contribution >= 4 is 32.3 Å². The van der Waals surface area contributed by atoms with E-state index < -0.39 is 0 Å². The van der Waals surface area contributed by atoms with Crippen LogP contribution in [-0.2, 0) is 0 Å². The third kappa shape index (κ3) is 30.4. The molecule has 0 aromatic heterocycles. The van der Waals surface area contributed by atoms with Crippen LogP contribution in [0.3, 0.4) is 0 Å². The fraction of sp³-hybridized carbons (Fsp3) is 0.438. The Morgan fingerprint density at radius 2 is 0.406 bits per heavy atom. The molecule has 7 aromatic carbocycles. The number of rotatable bonds is 0. The predicted molar refractivity (Wildman–Crippen MR) is 310 cm³/mol. The quantitative estimate of drug-likeness (QED) is 0.142. The maximum absolute atomic E-state index is 2.24. The summed E-state index contributed by atoms with van der Waals surface area (Å²) in [6.45, 7) is 57.2. The summed E-state index contributed by atoms with van der Waals surface area (Å²) in [5.41, 5.74) is 11.0. The normalized spacial score (nSPS) is 8.00. The molecule has 0 aliphatic carbocycles. The van der Waals surface area contributed by atoms with Gasteiger partial charge in [-0.2, -0.15) is 0 Å². The van der Waals surface area contributed by atoms with Gasteiger partial charge in [0, 0.05) is 0 Å². The van der Waals surface area contributed by atoms with E-state index in [4.69, 9.17) is 0 Å². The minimum absolute atomic E-state index is 1.33. The minimum Gasteiger partial charge on any atom is -0.0683 e. The Morgan fingerprint density at radius 3 is 0.656 bits per heavy atom. The molecule has 0 heterocycles. The van der Waals surface area contributed by atoms with Crippen LogP contribution >= 0.6 is 0 Å². The van der Waals surface area contributed by atoms with Crippen LogP contribution < -0.4 is 0 Å². The first-order valence-corrected chi connectivity index (χ1v) is 25.5. The van der Waals surface area contributed by atoms with Crippen molar-refractivity contribution in [1.29, 1.82) is 0 Å². The minimum atomic E-state index is 1.33. The molecule has 0 aliphatic rings. The lowest BCUT2D eigenvalue weighted by Gasteiger charge is -2.04. The second kappa shape index (κ2) is 54.5. The average Bonchev–Trinajstić information content (AvgIpc) is 3.39. The van der Waals surface area contributed by atoms with E-state index in [1.165, 1.54) is 76.8 Å². The molecule has 0 unspecified atom stereocenters. The van der Waals surface area contributed by atoms with Gasteiger partial charge in [0.05, 0.1) is 0 Å². The van der Waals surface area contributed by atoms with Gasteiger partial charge in [0.1, 0.15) is 0 Å². The summed E-state index contributed by atoms with van der Waals surface area (Å²) in [7, 11) is 0. The summed E-state index contributed by atoms with van der Waals surface area (Å²) in [5.74, 6) is 0. The molecular formula is C64H106. The third-order valence-electron chi connectivity index (χ3n) is 8.73. The first-order chi connectivity index (χ1) is 31.2. The zero-order valence-corrected chi connectivity index (χ0v) is 47.7. The van der Waals surface area contributed by atoms with E-state index >= 15 is 0 Å². The van der Waals surface area contributed by atoms with Crippen LogP contribution in [-0.4, -0.2) is 0 Å². The van der Waals surface area contributed by atoms with Gasteiger partial charge in [0.25, 0.3) is 0 Å². The van der Waals surface area contributed by atoms with Gasteiger partial charge in [-0.3, -0.25) is 0 Å². The largest absolute Gasteiger partial charge is 0.0683 e. The van der Waals surface area contributed by atoms with E-state index in [-0.39, 0.29) is 0 Å². The van der Waals surface area contributed by atoms with Gasteiger partial charge in [0.2, 0.25) is 0 Å². The summed E-state index contributed by atoms with van der Waals surface area (Å²) in [6, 6.07) is 47.0. The molecule has 0 bridgehead atoms. The zero-order chi connectivity index (χ0) is 51.6. The molecule has 0 aliphatic heterocycles. The molecule has 0 N–H and O–H groups in total. The highest BCUT2D eigenvalue weighted by atomic mass is 14.0. The van der Waals surface area contributed by atoms with Crippen LogP contribution in [0.1, 0.15) is 183 Å². The van der Waals surface area contributed by atoms with Crippen LogP contribution in [0.15, 0.2) is 133 Å². The molecule has 7 aromatic rings. The van der Waals surface area contributed by atoms with Crippen molar-refractivity contribution in [2.24, 2.45) is 0 Å². The molecular weight excluding hydrogens is 769 g/mol. The van der Waals surface area contributed by atoms with E-state index in [9.17, 15) is 0 Å². The van der Waals surface area contributed by atoms with Crippen molar-refractivity contribution in [3.63, 3.8) is 0 Å². The maximum Gasteiger partial charge on any atom is -0.0152 e. The fourth-order valence-corrected chi connectivity index (χ4v) is 5.20.